The van der Waals surface area contributed by atoms with Gasteiger partial charge in [0.15, 0.2) is 0 Å². The molecule has 1 aromatic heterocycles. The molecule has 1 heterocycles. The Labute approximate surface area is 219 Å². The Hall–Kier alpha value is -2.82. The van der Waals surface area contributed by atoms with E-state index in [2.05, 4.69) is 15.2 Å². The molecule has 0 radical (unpaired) electrons. The number of ether oxygens (including phenoxy) is 1. The van der Waals surface area contributed by atoms with Gasteiger partial charge < -0.3 is 10.5 Å². The molecule has 34 heavy (non-hydrogen) atoms. The van der Waals surface area contributed by atoms with Gasteiger partial charge in [0, 0.05) is 16.3 Å². The second kappa shape index (κ2) is 10.6. The second-order valence-corrected chi connectivity index (χ2v) is 9.01. The van der Waals surface area contributed by atoms with Crippen LogP contribution in [-0.4, -0.2) is 53.6 Å². The van der Waals surface area contributed by atoms with Crippen molar-refractivity contribution in [2.45, 2.75) is 24.8 Å². The standard InChI is InChI=1S/C24H22N4O4S.Na.H/c1-15(2)32-18-10-7-16(8-11-18)21-12-9-17(14-26-21)27-28-22-13-23(33(29,30)31)19-5-3-4-6-20(19)24(22)25;;/h3-15H,25H2,1-2H3,(H,29,30,31);;/b28-27+;;. The first kappa shape index (κ1) is 25.8. The fraction of sp³-hybridized carbons (Fsp3) is 0.125. The molecule has 170 valence electrons. The first-order valence-corrected chi connectivity index (χ1v) is 11.6. The van der Waals surface area contributed by atoms with E-state index in [-0.39, 0.29) is 51.9 Å². The van der Waals surface area contributed by atoms with Crippen molar-refractivity contribution in [3.63, 3.8) is 0 Å². The monoisotopic (exact) mass is 486 g/mol. The number of nitrogen functional groups attached to an aromatic ring is 1. The molecule has 0 spiro atoms. The van der Waals surface area contributed by atoms with Crippen LogP contribution in [0.25, 0.3) is 22.0 Å². The Morgan fingerprint density at radius 2 is 1.65 bits per heavy atom. The number of benzene rings is 3. The van der Waals surface area contributed by atoms with Crippen LogP contribution in [0.2, 0.25) is 0 Å². The van der Waals surface area contributed by atoms with Gasteiger partial charge in [-0.05, 0) is 56.3 Å². The zero-order valence-electron chi connectivity index (χ0n) is 18.0. The van der Waals surface area contributed by atoms with E-state index in [1.165, 1.54) is 6.07 Å². The summed E-state index contributed by atoms with van der Waals surface area (Å²) >= 11 is 0. The molecule has 3 aromatic carbocycles. The van der Waals surface area contributed by atoms with Crippen LogP contribution in [0.15, 0.2) is 88.1 Å². The van der Waals surface area contributed by atoms with E-state index in [9.17, 15) is 13.0 Å². The number of hydrogen-bond donors (Lipinski definition) is 2. The van der Waals surface area contributed by atoms with Gasteiger partial charge in [0.2, 0.25) is 0 Å². The van der Waals surface area contributed by atoms with Gasteiger partial charge in [0.25, 0.3) is 10.1 Å². The van der Waals surface area contributed by atoms with Crippen molar-refractivity contribution >= 4 is 67.5 Å². The van der Waals surface area contributed by atoms with Gasteiger partial charge >= 0.3 is 29.6 Å². The Morgan fingerprint density at radius 1 is 0.971 bits per heavy atom. The second-order valence-electron chi connectivity index (χ2n) is 7.62. The summed E-state index contributed by atoms with van der Waals surface area (Å²) in [4.78, 5) is 4.14. The number of nitrogens with two attached hydrogens (primary N) is 1. The quantitative estimate of drug-likeness (QED) is 0.165. The number of azo groups is 1. The van der Waals surface area contributed by atoms with Crippen molar-refractivity contribution in [2.24, 2.45) is 10.2 Å². The van der Waals surface area contributed by atoms with Crippen molar-refractivity contribution in [2.75, 3.05) is 5.73 Å². The summed E-state index contributed by atoms with van der Waals surface area (Å²) < 4.78 is 39.0. The predicted octanol–water partition coefficient (Wildman–Crippen LogP) is 5.28. The van der Waals surface area contributed by atoms with Crippen LogP contribution < -0.4 is 10.5 Å². The number of pyridine rings is 1. The van der Waals surface area contributed by atoms with Gasteiger partial charge in [-0.1, -0.05) is 24.3 Å². The van der Waals surface area contributed by atoms with Crippen LogP contribution in [-0.2, 0) is 10.1 Å². The van der Waals surface area contributed by atoms with Crippen LogP contribution in [0.5, 0.6) is 5.75 Å². The summed E-state index contributed by atoms with van der Waals surface area (Å²) in [6, 6.07) is 19.0. The number of rotatable bonds is 6. The van der Waals surface area contributed by atoms with Crippen LogP contribution in [0.1, 0.15) is 13.8 Å². The molecule has 0 saturated carbocycles. The molecular weight excluding hydrogens is 463 g/mol. The molecule has 8 nitrogen and oxygen atoms in total. The van der Waals surface area contributed by atoms with E-state index in [4.69, 9.17) is 10.5 Å². The molecule has 0 bridgehead atoms. The minimum absolute atomic E-state index is 0. The van der Waals surface area contributed by atoms with E-state index >= 15 is 0 Å². The Balaban J connectivity index is 0.00000324. The molecule has 3 N–H and O–H groups in total. The summed E-state index contributed by atoms with van der Waals surface area (Å²) in [5, 5.41) is 9.02. The van der Waals surface area contributed by atoms with Gasteiger partial charge in [-0.25, -0.2) is 0 Å². The zero-order valence-corrected chi connectivity index (χ0v) is 18.8. The predicted molar refractivity (Wildman–Crippen MR) is 135 cm³/mol. The molecule has 4 rings (SSSR count). The zero-order chi connectivity index (χ0) is 23.6. The molecule has 0 aliphatic heterocycles. The molecule has 0 unspecified atom stereocenters. The van der Waals surface area contributed by atoms with E-state index < -0.39 is 10.1 Å². The van der Waals surface area contributed by atoms with Gasteiger partial charge in [0.05, 0.1) is 23.7 Å². The average Bonchev–Trinajstić information content (AvgIpc) is 2.78. The number of aromatic nitrogens is 1. The van der Waals surface area contributed by atoms with Gasteiger partial charge in [-0.2, -0.15) is 8.42 Å². The molecule has 0 amide bonds. The summed E-state index contributed by atoms with van der Waals surface area (Å²) in [7, 11) is -4.48. The maximum absolute atomic E-state index is 11.9. The fourth-order valence-electron chi connectivity index (χ4n) is 3.35. The van der Waals surface area contributed by atoms with Crippen LogP contribution >= 0.6 is 0 Å². The van der Waals surface area contributed by atoms with Crippen molar-refractivity contribution in [3.8, 4) is 17.0 Å². The topological polar surface area (TPSA) is 127 Å². The van der Waals surface area contributed by atoms with Crippen LogP contribution in [0.4, 0.5) is 17.1 Å². The minimum atomic E-state index is -4.48. The van der Waals surface area contributed by atoms with E-state index in [1.807, 2.05) is 38.1 Å². The summed E-state index contributed by atoms with van der Waals surface area (Å²) in [6.07, 6.45) is 1.65. The van der Waals surface area contributed by atoms with E-state index in [0.717, 1.165) is 17.0 Å². The number of fused-ring (bicyclic) bond motifs is 1. The molecule has 0 aliphatic carbocycles. The molecular formula is C24H23N4NaO4S. The Morgan fingerprint density at radius 3 is 2.24 bits per heavy atom. The van der Waals surface area contributed by atoms with Crippen molar-refractivity contribution in [1.82, 2.24) is 4.98 Å². The Kier molecular flexibility index (Phi) is 8.06. The SMILES string of the molecule is CC(C)Oc1ccc(-c2ccc(/N=N/c3cc(S(=O)(=O)O)c4ccccc4c3N)cn2)cc1.[NaH]. The normalized spacial score (nSPS) is 11.6. The summed E-state index contributed by atoms with van der Waals surface area (Å²) in [5.74, 6) is 0.788. The third-order valence-corrected chi connectivity index (χ3v) is 5.74. The number of hydrogen-bond acceptors (Lipinski definition) is 7. The van der Waals surface area contributed by atoms with Gasteiger partial charge in [0.1, 0.15) is 22.0 Å². The number of anilines is 1. The fourth-order valence-corrected chi connectivity index (χ4v) is 4.07. The third-order valence-electron chi connectivity index (χ3n) is 4.85. The summed E-state index contributed by atoms with van der Waals surface area (Å²) in [6.45, 7) is 3.94. The first-order chi connectivity index (χ1) is 15.7. The van der Waals surface area contributed by atoms with Crippen molar-refractivity contribution < 1.29 is 17.7 Å². The van der Waals surface area contributed by atoms with Crippen molar-refractivity contribution in [1.29, 1.82) is 0 Å². The van der Waals surface area contributed by atoms with Crippen molar-refractivity contribution in [3.05, 3.63) is 72.9 Å². The molecule has 4 aromatic rings. The van der Waals surface area contributed by atoms with Gasteiger partial charge in [-0.3, -0.25) is 9.54 Å². The average molecular weight is 487 g/mol. The van der Waals surface area contributed by atoms with E-state index in [1.54, 1.807) is 42.6 Å². The maximum atomic E-state index is 11.9. The molecule has 0 atom stereocenters. The van der Waals surface area contributed by atoms with Crippen LogP contribution in [0, 0.1) is 0 Å². The van der Waals surface area contributed by atoms with E-state index in [0.29, 0.717) is 16.5 Å². The molecule has 0 fully saturated rings. The van der Waals surface area contributed by atoms with Crippen LogP contribution in [0.3, 0.4) is 0 Å². The molecule has 0 aliphatic rings. The molecule has 10 heteroatoms. The Bertz CT molecular complexity index is 1440. The first-order valence-electron chi connectivity index (χ1n) is 10.2. The third kappa shape index (κ3) is 5.81. The van der Waals surface area contributed by atoms with Gasteiger partial charge in [-0.15, -0.1) is 10.2 Å². The summed E-state index contributed by atoms with van der Waals surface area (Å²) in [5.41, 5.74) is 8.71. The molecule has 0 saturated heterocycles. The number of nitrogens with zero attached hydrogens (tertiary/aromatic N) is 3.